The summed E-state index contributed by atoms with van der Waals surface area (Å²) in [4.78, 5) is 36.8. The third-order valence-corrected chi connectivity index (χ3v) is 4.53. The van der Waals surface area contributed by atoms with Crippen molar-refractivity contribution >= 4 is 12.2 Å². The smallest absolute Gasteiger partial charge is 0.234 e. The summed E-state index contributed by atoms with van der Waals surface area (Å²) < 4.78 is 0. The summed E-state index contributed by atoms with van der Waals surface area (Å²) in [6, 6.07) is 5.56. The summed E-state index contributed by atoms with van der Waals surface area (Å²) in [7, 11) is 0. The number of aromatic hydroxyl groups is 2. The SMILES string of the molecule is NCCNCCNC(c1nc(CCN=C=O)ccc1O)c1nc(CCN=C=O)ccc1O. The molecule has 0 saturated carbocycles. The van der Waals surface area contributed by atoms with Crippen LogP contribution in [-0.2, 0) is 22.4 Å². The highest BCUT2D eigenvalue weighted by Gasteiger charge is 2.24. The summed E-state index contributed by atoms with van der Waals surface area (Å²) in [5, 5.41) is 27.5. The van der Waals surface area contributed by atoms with Crippen molar-refractivity contribution in [3.05, 3.63) is 47.0 Å². The number of pyridine rings is 2. The predicted octanol–water partition coefficient (Wildman–Crippen LogP) is -0.128. The molecule has 2 rings (SSSR count). The molecular weight excluding hydrogens is 414 g/mol. The van der Waals surface area contributed by atoms with Gasteiger partial charge in [0.1, 0.15) is 28.9 Å². The lowest BCUT2D eigenvalue weighted by molar-refractivity contribution is 0.428. The first kappa shape index (κ1) is 24.8. The highest BCUT2D eigenvalue weighted by molar-refractivity contribution is 5.41. The van der Waals surface area contributed by atoms with Crippen molar-refractivity contribution in [1.29, 1.82) is 0 Å². The number of carbonyl (C=O) groups excluding carboxylic acids is 2. The van der Waals surface area contributed by atoms with E-state index in [1.54, 1.807) is 12.1 Å². The van der Waals surface area contributed by atoms with E-state index in [4.69, 9.17) is 5.73 Å². The molecule has 0 radical (unpaired) electrons. The zero-order valence-electron chi connectivity index (χ0n) is 17.6. The number of nitrogens with zero attached hydrogens (tertiary/aromatic N) is 4. The Kier molecular flexibility index (Phi) is 10.7. The molecule has 0 unspecified atom stereocenters. The van der Waals surface area contributed by atoms with Crippen LogP contribution in [0.4, 0.5) is 0 Å². The lowest BCUT2D eigenvalue weighted by atomic mass is 10.0. The molecule has 170 valence electrons. The van der Waals surface area contributed by atoms with E-state index in [9.17, 15) is 19.8 Å². The van der Waals surface area contributed by atoms with Crippen LogP contribution in [0.15, 0.2) is 34.3 Å². The van der Waals surface area contributed by atoms with Crippen molar-refractivity contribution in [2.75, 3.05) is 39.3 Å². The van der Waals surface area contributed by atoms with Crippen molar-refractivity contribution in [2.45, 2.75) is 18.9 Å². The molecule has 0 bridgehead atoms. The molecule has 0 aliphatic rings. The van der Waals surface area contributed by atoms with Gasteiger partial charge in [-0.1, -0.05) is 0 Å². The van der Waals surface area contributed by atoms with Gasteiger partial charge in [-0.15, -0.1) is 0 Å². The minimum absolute atomic E-state index is 0.0720. The standard InChI is InChI=1S/C21H27N7O4/c22-7-10-23-11-12-26-21(19-17(31)3-1-15(27-19)5-8-24-13-29)20-18(32)4-2-16(28-20)6-9-25-14-30/h1-4,21,23,26,31-32H,5-12,22H2. The molecule has 0 spiro atoms. The highest BCUT2D eigenvalue weighted by atomic mass is 16.3. The van der Waals surface area contributed by atoms with E-state index in [2.05, 4.69) is 30.6 Å². The Morgan fingerprint density at radius 3 is 1.88 bits per heavy atom. The van der Waals surface area contributed by atoms with E-state index in [1.807, 2.05) is 0 Å². The molecule has 11 nitrogen and oxygen atoms in total. The Bertz CT molecular complexity index is 901. The summed E-state index contributed by atoms with van der Waals surface area (Å²) in [5.41, 5.74) is 7.28. The van der Waals surface area contributed by atoms with Gasteiger partial charge in [0.05, 0.1) is 13.1 Å². The first-order valence-electron chi connectivity index (χ1n) is 10.2. The molecule has 0 aliphatic carbocycles. The van der Waals surface area contributed by atoms with Crippen molar-refractivity contribution < 1.29 is 19.8 Å². The number of hydrogen-bond donors (Lipinski definition) is 5. The molecule has 0 atom stereocenters. The molecule has 2 aromatic heterocycles. The number of isocyanates is 2. The van der Waals surface area contributed by atoms with Gasteiger partial charge in [-0.2, -0.15) is 0 Å². The van der Waals surface area contributed by atoms with E-state index in [0.717, 1.165) is 0 Å². The maximum Gasteiger partial charge on any atom is 0.234 e. The fourth-order valence-electron chi connectivity index (χ4n) is 3.01. The zero-order valence-corrected chi connectivity index (χ0v) is 17.6. The number of aromatic nitrogens is 2. The second-order valence-electron chi connectivity index (χ2n) is 6.79. The largest absolute Gasteiger partial charge is 0.506 e. The van der Waals surface area contributed by atoms with Gasteiger partial charge in [-0.25, -0.2) is 19.6 Å². The molecular formula is C21H27N7O4. The van der Waals surface area contributed by atoms with Gasteiger partial charge in [0.2, 0.25) is 12.2 Å². The van der Waals surface area contributed by atoms with Crippen LogP contribution in [-0.4, -0.2) is 71.6 Å². The van der Waals surface area contributed by atoms with Crippen molar-refractivity contribution in [3.8, 4) is 11.5 Å². The van der Waals surface area contributed by atoms with Crippen molar-refractivity contribution in [2.24, 2.45) is 15.7 Å². The third-order valence-electron chi connectivity index (χ3n) is 4.53. The molecule has 0 aromatic carbocycles. The minimum Gasteiger partial charge on any atom is -0.506 e. The Balaban J connectivity index is 2.38. The minimum atomic E-state index is -0.723. The molecule has 11 heteroatoms. The quantitative estimate of drug-likeness (QED) is 0.152. The zero-order chi connectivity index (χ0) is 23.2. The Morgan fingerprint density at radius 2 is 1.41 bits per heavy atom. The summed E-state index contributed by atoms with van der Waals surface area (Å²) >= 11 is 0. The maximum atomic E-state index is 10.5. The first-order chi connectivity index (χ1) is 15.6. The van der Waals surface area contributed by atoms with Crippen LogP contribution >= 0.6 is 0 Å². The Labute approximate surface area is 185 Å². The van der Waals surface area contributed by atoms with E-state index in [0.29, 0.717) is 50.4 Å². The average molecular weight is 441 g/mol. The fourth-order valence-corrected chi connectivity index (χ4v) is 3.01. The molecule has 2 heterocycles. The van der Waals surface area contributed by atoms with Gasteiger partial charge in [0, 0.05) is 50.4 Å². The number of nitrogens with one attached hydrogen (secondary N) is 2. The molecule has 0 aliphatic heterocycles. The summed E-state index contributed by atoms with van der Waals surface area (Å²) in [5.74, 6) is -0.144. The van der Waals surface area contributed by atoms with E-state index in [-0.39, 0.29) is 36.0 Å². The second kappa shape index (κ2) is 13.8. The molecule has 32 heavy (non-hydrogen) atoms. The van der Waals surface area contributed by atoms with Gasteiger partial charge in [-0.3, -0.25) is 9.97 Å². The van der Waals surface area contributed by atoms with Crippen LogP contribution in [0.25, 0.3) is 0 Å². The molecule has 0 fully saturated rings. The first-order valence-corrected chi connectivity index (χ1v) is 10.2. The van der Waals surface area contributed by atoms with Crippen LogP contribution in [0.1, 0.15) is 28.8 Å². The van der Waals surface area contributed by atoms with Crippen LogP contribution in [0, 0.1) is 0 Å². The Morgan fingerprint density at radius 1 is 0.875 bits per heavy atom. The van der Waals surface area contributed by atoms with Crippen molar-refractivity contribution in [3.63, 3.8) is 0 Å². The van der Waals surface area contributed by atoms with Gasteiger partial charge in [0.15, 0.2) is 0 Å². The van der Waals surface area contributed by atoms with Crippen LogP contribution in [0.5, 0.6) is 11.5 Å². The molecule has 0 saturated heterocycles. The van der Waals surface area contributed by atoms with Gasteiger partial charge < -0.3 is 26.6 Å². The summed E-state index contributed by atoms with van der Waals surface area (Å²) in [6.07, 6.45) is 3.74. The monoisotopic (exact) mass is 441 g/mol. The maximum absolute atomic E-state index is 10.5. The fraction of sp³-hybridized carbons (Fsp3) is 0.429. The van der Waals surface area contributed by atoms with Gasteiger partial charge >= 0.3 is 0 Å². The van der Waals surface area contributed by atoms with Crippen LogP contribution in [0.3, 0.4) is 0 Å². The summed E-state index contributed by atoms with van der Waals surface area (Å²) in [6.45, 7) is 2.67. The lowest BCUT2D eigenvalue weighted by Gasteiger charge is -2.21. The topological polar surface area (TPSA) is 175 Å². The number of hydrogen-bond acceptors (Lipinski definition) is 11. The van der Waals surface area contributed by atoms with E-state index >= 15 is 0 Å². The van der Waals surface area contributed by atoms with Crippen LogP contribution < -0.4 is 16.4 Å². The Hall–Kier alpha value is -3.46. The van der Waals surface area contributed by atoms with Gasteiger partial charge in [-0.05, 0) is 24.3 Å². The van der Waals surface area contributed by atoms with Crippen molar-refractivity contribution in [1.82, 2.24) is 20.6 Å². The third kappa shape index (κ3) is 7.66. The molecule has 6 N–H and O–H groups in total. The normalized spacial score (nSPS) is 11.4. The van der Waals surface area contributed by atoms with Gasteiger partial charge in [0.25, 0.3) is 0 Å². The number of nitrogens with two attached hydrogens (primary N) is 1. The predicted molar refractivity (Wildman–Crippen MR) is 117 cm³/mol. The van der Waals surface area contributed by atoms with E-state index < -0.39 is 6.04 Å². The number of aliphatic imine (C=N–C) groups is 2. The lowest BCUT2D eigenvalue weighted by Crippen LogP contribution is -2.34. The highest BCUT2D eigenvalue weighted by Crippen LogP contribution is 2.32. The molecule has 0 amide bonds. The average Bonchev–Trinajstić information content (AvgIpc) is 2.79. The van der Waals surface area contributed by atoms with Crippen LogP contribution in [0.2, 0.25) is 0 Å². The second-order valence-corrected chi connectivity index (χ2v) is 6.79. The van der Waals surface area contributed by atoms with E-state index in [1.165, 1.54) is 24.3 Å². The molecule has 2 aromatic rings. The number of rotatable bonds is 14.